The number of nitrogens with one attached hydrogen (secondary N) is 2. The van der Waals surface area contributed by atoms with E-state index in [9.17, 15) is 10.1 Å². The lowest BCUT2D eigenvalue weighted by Gasteiger charge is -2.11. The summed E-state index contributed by atoms with van der Waals surface area (Å²) < 4.78 is 10.4. The maximum atomic E-state index is 10.9. The average molecular weight is 360 g/mol. The lowest BCUT2D eigenvalue weighted by Crippen LogP contribution is -2.23. The Morgan fingerprint density at radius 1 is 1.20 bits per heavy atom. The van der Waals surface area contributed by atoms with Gasteiger partial charge < -0.3 is 14.8 Å². The number of nitro groups is 1. The summed E-state index contributed by atoms with van der Waals surface area (Å²) in [6.45, 7) is 0. The van der Waals surface area contributed by atoms with Gasteiger partial charge in [-0.05, 0) is 30.4 Å². The van der Waals surface area contributed by atoms with Crippen LogP contribution in [0.25, 0.3) is 0 Å². The minimum Gasteiger partial charge on any atom is -0.493 e. The number of benzene rings is 2. The van der Waals surface area contributed by atoms with E-state index < -0.39 is 4.92 Å². The molecule has 0 radical (unpaired) electrons. The first-order valence-corrected chi connectivity index (χ1v) is 7.51. The van der Waals surface area contributed by atoms with Crippen molar-refractivity contribution in [3.05, 3.63) is 58.1 Å². The van der Waals surface area contributed by atoms with Gasteiger partial charge in [0.1, 0.15) is 0 Å². The zero-order chi connectivity index (χ0) is 18.2. The Bertz CT molecular complexity index is 810. The molecule has 9 heteroatoms. The molecular weight excluding hydrogens is 344 g/mol. The number of rotatable bonds is 6. The summed E-state index contributed by atoms with van der Waals surface area (Å²) in [5.74, 6) is 1.15. The van der Waals surface area contributed by atoms with E-state index in [0.717, 1.165) is 0 Å². The first-order valence-electron chi connectivity index (χ1n) is 7.10. The van der Waals surface area contributed by atoms with Crippen LogP contribution in [0.1, 0.15) is 5.56 Å². The predicted octanol–water partition coefficient (Wildman–Crippen LogP) is 2.93. The fourth-order valence-corrected chi connectivity index (χ4v) is 2.17. The first kappa shape index (κ1) is 18.1. The maximum Gasteiger partial charge on any atom is 0.278 e. The van der Waals surface area contributed by atoms with E-state index in [0.29, 0.717) is 22.7 Å². The number of methoxy groups -OCH3 is 2. The van der Waals surface area contributed by atoms with E-state index in [1.165, 1.54) is 19.4 Å². The molecule has 0 aromatic heterocycles. The summed E-state index contributed by atoms with van der Waals surface area (Å²) in [4.78, 5) is 10.5. The quantitative estimate of drug-likeness (QED) is 0.354. The number of nitrogens with zero attached hydrogens (tertiary/aromatic N) is 2. The van der Waals surface area contributed by atoms with E-state index in [1.54, 1.807) is 43.5 Å². The Labute approximate surface area is 149 Å². The van der Waals surface area contributed by atoms with Gasteiger partial charge in [-0.25, -0.2) is 0 Å². The molecule has 130 valence electrons. The summed E-state index contributed by atoms with van der Waals surface area (Å²) >= 11 is 5.13. The van der Waals surface area contributed by atoms with Crippen LogP contribution < -0.4 is 20.2 Å². The van der Waals surface area contributed by atoms with Gasteiger partial charge in [-0.3, -0.25) is 15.5 Å². The molecule has 0 amide bonds. The molecule has 0 aliphatic carbocycles. The average Bonchev–Trinajstić information content (AvgIpc) is 2.61. The zero-order valence-electron chi connectivity index (χ0n) is 13.6. The largest absolute Gasteiger partial charge is 0.493 e. The van der Waals surface area contributed by atoms with Crippen molar-refractivity contribution < 1.29 is 14.4 Å². The number of hydrogen-bond donors (Lipinski definition) is 2. The molecule has 0 fully saturated rings. The van der Waals surface area contributed by atoms with Crippen LogP contribution in [0.2, 0.25) is 0 Å². The minimum atomic E-state index is -0.471. The molecular formula is C16H16N4O4S. The third kappa shape index (κ3) is 4.88. The Kier molecular flexibility index (Phi) is 6.24. The highest BCUT2D eigenvalue weighted by Crippen LogP contribution is 2.29. The Hall–Kier alpha value is -3.20. The Balaban J connectivity index is 2.01. The third-order valence-electron chi connectivity index (χ3n) is 3.14. The van der Waals surface area contributed by atoms with Crippen molar-refractivity contribution in [2.75, 3.05) is 19.5 Å². The molecule has 25 heavy (non-hydrogen) atoms. The Morgan fingerprint density at radius 3 is 2.60 bits per heavy atom. The summed E-state index contributed by atoms with van der Waals surface area (Å²) in [6.07, 6.45) is 1.33. The monoisotopic (exact) mass is 360 g/mol. The van der Waals surface area contributed by atoms with Crippen molar-refractivity contribution >= 4 is 34.9 Å². The van der Waals surface area contributed by atoms with Gasteiger partial charge in [-0.15, -0.1) is 0 Å². The van der Waals surface area contributed by atoms with Gasteiger partial charge in [0.25, 0.3) is 5.69 Å². The van der Waals surface area contributed by atoms with E-state index >= 15 is 0 Å². The third-order valence-corrected chi connectivity index (χ3v) is 3.34. The van der Waals surface area contributed by atoms with Gasteiger partial charge in [-0.2, -0.15) is 5.10 Å². The van der Waals surface area contributed by atoms with Gasteiger partial charge >= 0.3 is 0 Å². The summed E-state index contributed by atoms with van der Waals surface area (Å²) in [5, 5.41) is 18.0. The molecule has 0 aliphatic rings. The Morgan fingerprint density at radius 2 is 1.92 bits per heavy atom. The summed E-state index contributed by atoms with van der Waals surface area (Å²) in [7, 11) is 3.09. The number of para-hydroxylation sites is 1. The number of anilines is 1. The molecule has 0 atom stereocenters. The topological polar surface area (TPSA) is 98.0 Å². The molecule has 2 rings (SSSR count). The van der Waals surface area contributed by atoms with Crippen molar-refractivity contribution in [3.8, 4) is 11.5 Å². The molecule has 0 heterocycles. The molecule has 0 bridgehead atoms. The lowest BCUT2D eigenvalue weighted by atomic mass is 10.2. The van der Waals surface area contributed by atoms with Crippen LogP contribution in [0, 0.1) is 10.1 Å². The summed E-state index contributed by atoms with van der Waals surface area (Å²) in [6, 6.07) is 11.5. The molecule has 0 spiro atoms. The second-order valence-corrected chi connectivity index (χ2v) is 5.12. The molecule has 0 unspecified atom stereocenters. The van der Waals surface area contributed by atoms with Gasteiger partial charge in [0, 0.05) is 17.8 Å². The number of hydrazone groups is 1. The maximum absolute atomic E-state index is 10.9. The van der Waals surface area contributed by atoms with Gasteiger partial charge in [0.2, 0.25) is 0 Å². The highest BCUT2D eigenvalue weighted by atomic mass is 32.1. The van der Waals surface area contributed by atoms with E-state index in [1.807, 2.05) is 0 Å². The highest BCUT2D eigenvalue weighted by molar-refractivity contribution is 7.80. The fraction of sp³-hybridized carbons (Fsp3) is 0.125. The van der Waals surface area contributed by atoms with Crippen LogP contribution in [0.3, 0.4) is 0 Å². The highest BCUT2D eigenvalue weighted by Gasteiger charge is 2.10. The zero-order valence-corrected chi connectivity index (χ0v) is 14.4. The molecule has 2 N–H and O–H groups in total. The molecule has 0 saturated heterocycles. The second kappa shape index (κ2) is 8.60. The van der Waals surface area contributed by atoms with Gasteiger partial charge in [-0.1, -0.05) is 12.1 Å². The lowest BCUT2D eigenvalue weighted by molar-refractivity contribution is -0.385. The minimum absolute atomic E-state index is 0.0354. The number of nitro benzene ring substituents is 1. The van der Waals surface area contributed by atoms with Gasteiger partial charge in [0.15, 0.2) is 16.6 Å². The van der Waals surface area contributed by atoms with E-state index in [2.05, 4.69) is 15.8 Å². The van der Waals surface area contributed by atoms with Crippen molar-refractivity contribution in [1.82, 2.24) is 5.43 Å². The summed E-state index contributed by atoms with van der Waals surface area (Å²) in [5.41, 5.74) is 3.62. The molecule has 0 saturated carbocycles. The molecule has 2 aromatic rings. The fourth-order valence-electron chi connectivity index (χ4n) is 2.00. The standard InChI is InChI=1S/C16H16N4O4S/c1-23-14-8-7-12(9-15(14)24-2)18-16(25)19-17-10-11-5-3-4-6-13(11)20(21)22/h3-10H,1-2H3,(H2,18,19,25)/b17-10-. The normalized spacial score (nSPS) is 10.3. The molecule has 2 aromatic carbocycles. The molecule has 8 nitrogen and oxygen atoms in total. The van der Waals surface area contributed by atoms with Crippen molar-refractivity contribution in [2.45, 2.75) is 0 Å². The van der Waals surface area contributed by atoms with E-state index in [4.69, 9.17) is 21.7 Å². The van der Waals surface area contributed by atoms with Crippen LogP contribution in [0.4, 0.5) is 11.4 Å². The van der Waals surface area contributed by atoms with Crippen LogP contribution in [0.15, 0.2) is 47.6 Å². The first-order chi connectivity index (χ1) is 12.0. The van der Waals surface area contributed by atoms with E-state index in [-0.39, 0.29) is 10.8 Å². The van der Waals surface area contributed by atoms with Crippen LogP contribution in [-0.2, 0) is 0 Å². The smallest absolute Gasteiger partial charge is 0.278 e. The number of thiocarbonyl (C=S) groups is 1. The van der Waals surface area contributed by atoms with Gasteiger partial charge in [0.05, 0.1) is 30.9 Å². The number of ether oxygens (including phenoxy) is 2. The number of hydrogen-bond acceptors (Lipinski definition) is 6. The van der Waals surface area contributed by atoms with Crippen molar-refractivity contribution in [1.29, 1.82) is 0 Å². The van der Waals surface area contributed by atoms with Crippen molar-refractivity contribution in [2.24, 2.45) is 5.10 Å². The SMILES string of the molecule is COc1ccc(NC(=S)N/N=C\c2ccccc2[N+](=O)[O-])cc1OC. The second-order valence-electron chi connectivity index (χ2n) is 4.71. The molecule has 0 aliphatic heterocycles. The predicted molar refractivity (Wildman–Crippen MR) is 99.6 cm³/mol. The van der Waals surface area contributed by atoms with Crippen LogP contribution in [0.5, 0.6) is 11.5 Å². The van der Waals surface area contributed by atoms with Crippen LogP contribution >= 0.6 is 12.2 Å². The van der Waals surface area contributed by atoms with Crippen molar-refractivity contribution in [3.63, 3.8) is 0 Å². The van der Waals surface area contributed by atoms with Crippen LogP contribution in [-0.4, -0.2) is 30.5 Å².